The lowest BCUT2D eigenvalue weighted by Crippen LogP contribution is -2.34. The van der Waals surface area contributed by atoms with E-state index in [2.05, 4.69) is 19.2 Å². The predicted octanol–water partition coefficient (Wildman–Crippen LogP) is 1.31. The van der Waals surface area contributed by atoms with E-state index in [1.165, 1.54) is 12.8 Å². The minimum Gasteiger partial charge on any atom is -0.396 e. The van der Waals surface area contributed by atoms with E-state index >= 15 is 0 Å². The summed E-state index contributed by atoms with van der Waals surface area (Å²) >= 11 is 0. The van der Waals surface area contributed by atoms with Crippen molar-refractivity contribution in [2.45, 2.75) is 51.2 Å². The van der Waals surface area contributed by atoms with E-state index < -0.39 is 0 Å². The number of nitrogens with one attached hydrogen (secondary N) is 1. The molecule has 88 valence electrons. The Labute approximate surface area is 92.2 Å². The summed E-state index contributed by atoms with van der Waals surface area (Å²) in [5.41, 5.74) is 0.286. The molecule has 0 spiro atoms. The lowest BCUT2D eigenvalue weighted by molar-refractivity contribution is -0.0147. The zero-order valence-corrected chi connectivity index (χ0v) is 9.88. The summed E-state index contributed by atoms with van der Waals surface area (Å²) in [6.45, 7) is 6.53. The highest BCUT2D eigenvalue weighted by Crippen LogP contribution is 2.44. The van der Waals surface area contributed by atoms with Crippen LogP contribution in [0.4, 0.5) is 0 Å². The Balaban J connectivity index is 1.63. The van der Waals surface area contributed by atoms with Gasteiger partial charge in [-0.1, -0.05) is 0 Å². The van der Waals surface area contributed by atoms with Gasteiger partial charge in [0.05, 0.1) is 11.7 Å². The molecule has 1 saturated carbocycles. The minimum atomic E-state index is 0.0700. The number of aliphatic hydroxyl groups excluding tert-OH is 1. The molecule has 0 aromatic heterocycles. The van der Waals surface area contributed by atoms with Crippen molar-refractivity contribution in [3.05, 3.63) is 0 Å². The van der Waals surface area contributed by atoms with E-state index in [1.807, 2.05) is 0 Å². The molecule has 1 atom stereocenters. The Bertz CT molecular complexity index is 224. The molecule has 1 saturated heterocycles. The van der Waals surface area contributed by atoms with Gasteiger partial charge in [0.2, 0.25) is 0 Å². The van der Waals surface area contributed by atoms with Crippen LogP contribution in [0.1, 0.15) is 39.5 Å². The van der Waals surface area contributed by atoms with Crippen molar-refractivity contribution in [3.63, 3.8) is 0 Å². The first kappa shape index (κ1) is 11.4. The average molecular weight is 213 g/mol. The zero-order chi connectivity index (χ0) is 10.9. The molecule has 1 unspecified atom stereocenters. The van der Waals surface area contributed by atoms with Crippen molar-refractivity contribution in [2.24, 2.45) is 5.41 Å². The summed E-state index contributed by atoms with van der Waals surface area (Å²) in [5.74, 6) is 0. The van der Waals surface area contributed by atoms with Gasteiger partial charge in [-0.2, -0.15) is 0 Å². The van der Waals surface area contributed by atoms with Crippen molar-refractivity contribution in [1.29, 1.82) is 0 Å². The molecule has 3 nitrogen and oxygen atoms in total. The highest BCUT2D eigenvalue weighted by molar-refractivity contribution is 4.94. The van der Waals surface area contributed by atoms with E-state index in [0.717, 1.165) is 25.9 Å². The van der Waals surface area contributed by atoms with Crippen LogP contribution in [0.5, 0.6) is 0 Å². The van der Waals surface area contributed by atoms with Crippen LogP contribution < -0.4 is 5.32 Å². The van der Waals surface area contributed by atoms with Crippen LogP contribution in [0.25, 0.3) is 0 Å². The van der Waals surface area contributed by atoms with Crippen molar-refractivity contribution in [3.8, 4) is 0 Å². The lowest BCUT2D eigenvalue weighted by atomic mass is 10.1. The maximum atomic E-state index is 9.16. The van der Waals surface area contributed by atoms with Crippen LogP contribution in [0, 0.1) is 5.41 Å². The molecule has 15 heavy (non-hydrogen) atoms. The molecule has 1 heterocycles. The molecule has 2 N–H and O–H groups in total. The van der Waals surface area contributed by atoms with E-state index in [9.17, 15) is 0 Å². The first-order valence-corrected chi connectivity index (χ1v) is 6.05. The zero-order valence-electron chi connectivity index (χ0n) is 9.88. The largest absolute Gasteiger partial charge is 0.396 e. The Morgan fingerprint density at radius 3 is 2.53 bits per heavy atom. The number of aliphatic hydroxyl groups is 1. The molecular formula is C12H23NO2. The van der Waals surface area contributed by atoms with E-state index in [4.69, 9.17) is 9.84 Å². The first-order chi connectivity index (χ1) is 7.05. The summed E-state index contributed by atoms with van der Waals surface area (Å²) in [7, 11) is 0. The second-order valence-electron chi connectivity index (χ2n) is 5.83. The van der Waals surface area contributed by atoms with Crippen LogP contribution in [-0.4, -0.2) is 36.5 Å². The first-order valence-electron chi connectivity index (χ1n) is 6.05. The van der Waals surface area contributed by atoms with Gasteiger partial charge in [0.25, 0.3) is 0 Å². The van der Waals surface area contributed by atoms with Crippen LogP contribution >= 0.6 is 0 Å². The molecule has 2 rings (SSSR count). The Morgan fingerprint density at radius 1 is 1.33 bits per heavy atom. The third-order valence-electron chi connectivity index (χ3n) is 3.72. The molecule has 0 radical (unpaired) electrons. The maximum absolute atomic E-state index is 9.16. The highest BCUT2D eigenvalue weighted by Gasteiger charge is 2.41. The molecule has 2 aliphatic rings. The van der Waals surface area contributed by atoms with Gasteiger partial charge in [0.1, 0.15) is 0 Å². The molecular weight excluding hydrogens is 190 g/mol. The van der Waals surface area contributed by atoms with Gasteiger partial charge in [-0.3, -0.25) is 0 Å². The van der Waals surface area contributed by atoms with E-state index in [1.54, 1.807) is 0 Å². The van der Waals surface area contributed by atoms with Gasteiger partial charge in [-0.05, 0) is 39.5 Å². The number of rotatable bonds is 5. The molecule has 0 amide bonds. The highest BCUT2D eigenvalue weighted by atomic mass is 16.5. The fourth-order valence-corrected chi connectivity index (χ4v) is 2.29. The molecule has 0 aromatic rings. The van der Waals surface area contributed by atoms with Gasteiger partial charge in [-0.15, -0.1) is 0 Å². The molecule has 0 aromatic carbocycles. The molecule has 3 heteroatoms. The Kier molecular flexibility index (Phi) is 3.06. The summed E-state index contributed by atoms with van der Waals surface area (Å²) in [4.78, 5) is 0. The third-order valence-corrected chi connectivity index (χ3v) is 3.72. The van der Waals surface area contributed by atoms with Crippen molar-refractivity contribution < 1.29 is 9.84 Å². The monoisotopic (exact) mass is 213 g/mol. The minimum absolute atomic E-state index is 0.0700. The van der Waals surface area contributed by atoms with Gasteiger partial charge in [0, 0.05) is 25.1 Å². The van der Waals surface area contributed by atoms with Crippen LogP contribution in [0.3, 0.4) is 0 Å². The Hall–Kier alpha value is -0.120. The van der Waals surface area contributed by atoms with E-state index in [0.29, 0.717) is 12.7 Å². The second-order valence-corrected chi connectivity index (χ2v) is 5.83. The van der Waals surface area contributed by atoms with Crippen molar-refractivity contribution >= 4 is 0 Å². The summed E-state index contributed by atoms with van der Waals surface area (Å²) in [6.07, 6.45) is 5.03. The maximum Gasteiger partial charge on any atom is 0.0707 e. The third kappa shape index (κ3) is 2.92. The molecule has 1 aliphatic carbocycles. The average Bonchev–Trinajstić information content (AvgIpc) is 2.87. The fraction of sp³-hybridized carbons (Fsp3) is 1.00. The van der Waals surface area contributed by atoms with E-state index in [-0.39, 0.29) is 11.0 Å². The number of ether oxygens (including phenoxy) is 1. The standard InChI is InChI=1S/C12H23NO2/c1-11(2)4-3-10(15-11)7-13-8-12(9-14)5-6-12/h10,13-14H,3-9H2,1-2H3. The lowest BCUT2D eigenvalue weighted by Gasteiger charge is -2.20. The van der Waals surface area contributed by atoms with Gasteiger partial charge in [0.15, 0.2) is 0 Å². The normalized spacial score (nSPS) is 31.8. The summed E-state index contributed by atoms with van der Waals surface area (Å²) < 4.78 is 5.89. The summed E-state index contributed by atoms with van der Waals surface area (Å²) in [6, 6.07) is 0. The predicted molar refractivity (Wildman–Crippen MR) is 59.8 cm³/mol. The molecule has 1 aliphatic heterocycles. The van der Waals surface area contributed by atoms with Crippen molar-refractivity contribution in [1.82, 2.24) is 5.32 Å². The SMILES string of the molecule is CC1(C)CCC(CNCC2(CO)CC2)O1. The quantitative estimate of drug-likeness (QED) is 0.723. The van der Waals surface area contributed by atoms with Gasteiger partial charge >= 0.3 is 0 Å². The van der Waals surface area contributed by atoms with Crippen molar-refractivity contribution in [2.75, 3.05) is 19.7 Å². The smallest absolute Gasteiger partial charge is 0.0707 e. The van der Waals surface area contributed by atoms with Crippen LogP contribution in [-0.2, 0) is 4.74 Å². The van der Waals surface area contributed by atoms with Crippen LogP contribution in [0.15, 0.2) is 0 Å². The van der Waals surface area contributed by atoms with Crippen LogP contribution in [0.2, 0.25) is 0 Å². The fourth-order valence-electron chi connectivity index (χ4n) is 2.29. The number of hydrogen-bond donors (Lipinski definition) is 2. The number of hydrogen-bond acceptors (Lipinski definition) is 3. The van der Waals surface area contributed by atoms with Gasteiger partial charge < -0.3 is 15.2 Å². The summed E-state index contributed by atoms with van der Waals surface area (Å²) in [5, 5.41) is 12.6. The topological polar surface area (TPSA) is 41.5 Å². The Morgan fingerprint density at radius 2 is 2.07 bits per heavy atom. The van der Waals surface area contributed by atoms with Gasteiger partial charge in [-0.25, -0.2) is 0 Å². The molecule has 2 fully saturated rings. The second kappa shape index (κ2) is 4.04. The molecule has 0 bridgehead atoms.